The van der Waals surface area contributed by atoms with Crippen molar-refractivity contribution >= 4 is 57.2 Å². The molecule has 7 aromatic rings. The first-order chi connectivity index (χ1) is 24.3. The molecule has 49 heavy (non-hydrogen) atoms. The van der Waals surface area contributed by atoms with Gasteiger partial charge in [0.25, 0.3) is 0 Å². The number of hydrogen-bond donors (Lipinski definition) is 0. The number of ether oxygens (including phenoxy) is 2. The van der Waals surface area contributed by atoms with E-state index in [4.69, 9.17) is 9.47 Å². The lowest BCUT2D eigenvalue weighted by Gasteiger charge is -2.31. The predicted molar refractivity (Wildman–Crippen MR) is 213 cm³/mol. The quantitative estimate of drug-likeness (QED) is 0.154. The van der Waals surface area contributed by atoms with Crippen LogP contribution in [0.3, 0.4) is 0 Å². The first-order valence-electron chi connectivity index (χ1n) is 16.5. The molecule has 4 heteroatoms. The molecule has 0 bridgehead atoms. The number of rotatable bonds is 8. The zero-order chi connectivity index (χ0) is 32.9. The van der Waals surface area contributed by atoms with E-state index in [1.54, 1.807) is 0 Å². The molecule has 1 aliphatic heterocycles. The molecule has 0 aliphatic carbocycles. The molecule has 0 spiro atoms. The maximum absolute atomic E-state index is 6.08. The minimum absolute atomic E-state index is 0.213. The molecule has 7 aromatic carbocycles. The summed E-state index contributed by atoms with van der Waals surface area (Å²) in [7, 11) is 0. The maximum Gasteiger partial charge on any atom is 0.231 e. The fourth-order valence-corrected chi connectivity index (χ4v) is 14.8. The highest BCUT2D eigenvalue weighted by Crippen LogP contribution is 2.48. The van der Waals surface area contributed by atoms with Crippen LogP contribution in [0.5, 0.6) is 11.5 Å². The Morgan fingerprint density at radius 1 is 0.327 bits per heavy atom. The third kappa shape index (κ3) is 5.78. The van der Waals surface area contributed by atoms with Crippen molar-refractivity contribution in [1.82, 2.24) is 0 Å². The van der Waals surface area contributed by atoms with Crippen LogP contribution in [0.25, 0.3) is 0 Å². The first-order valence-corrected chi connectivity index (χ1v) is 20.3. The van der Waals surface area contributed by atoms with Crippen molar-refractivity contribution < 1.29 is 9.47 Å². The standard InChI is InChI=1S/C45H36O2P2/c1-7-19-38(20-8-1)48(39-21-9-2-10-22-39,40-23-11-3-12-24-40)33-36-31-44-45(47-35-46-44)32-37(36)34-49(41-25-13-4-14-26-41,42-27-15-5-16-28-42)43-29-17-6-18-30-43/h1-34H,35H2. The van der Waals surface area contributed by atoms with Crippen molar-refractivity contribution in [2.75, 3.05) is 6.79 Å². The lowest BCUT2D eigenvalue weighted by atomic mass is 10.1. The second kappa shape index (κ2) is 13.7. The first kappa shape index (κ1) is 31.0. The van der Waals surface area contributed by atoms with Crippen LogP contribution in [0.4, 0.5) is 0 Å². The molecule has 238 valence electrons. The van der Waals surface area contributed by atoms with Gasteiger partial charge in [0.2, 0.25) is 6.79 Å². The molecule has 0 aromatic heterocycles. The predicted octanol–water partition coefficient (Wildman–Crippen LogP) is 7.70. The SMILES string of the molecule is C(c1cc2c(cc1C=P(c1ccccc1)(c1ccccc1)c1ccccc1)OCO2)=P(c1ccccc1)(c1ccccc1)c1ccccc1. The highest BCUT2D eigenvalue weighted by Gasteiger charge is 2.29. The van der Waals surface area contributed by atoms with Crippen LogP contribution in [0, 0.1) is 0 Å². The maximum atomic E-state index is 6.08. The van der Waals surface area contributed by atoms with Crippen molar-refractivity contribution in [2.24, 2.45) is 0 Å². The summed E-state index contributed by atoms with van der Waals surface area (Å²) < 4.78 is 12.2. The van der Waals surface area contributed by atoms with Crippen molar-refractivity contribution in [3.05, 3.63) is 205 Å². The van der Waals surface area contributed by atoms with E-state index in [0.29, 0.717) is 0 Å². The van der Waals surface area contributed by atoms with Crippen molar-refractivity contribution in [3.8, 4) is 11.5 Å². The van der Waals surface area contributed by atoms with Crippen molar-refractivity contribution in [1.29, 1.82) is 0 Å². The van der Waals surface area contributed by atoms with Gasteiger partial charge in [-0.05, 0) is 80.5 Å². The topological polar surface area (TPSA) is 18.5 Å². The van der Waals surface area contributed by atoms with Gasteiger partial charge in [0.15, 0.2) is 11.5 Å². The molecular weight excluding hydrogens is 634 g/mol. The van der Waals surface area contributed by atoms with Gasteiger partial charge in [0.05, 0.1) is 0 Å². The number of benzene rings is 7. The van der Waals surface area contributed by atoms with Gasteiger partial charge < -0.3 is 9.47 Å². The lowest BCUT2D eigenvalue weighted by molar-refractivity contribution is 0.174. The zero-order valence-electron chi connectivity index (χ0n) is 27.0. The molecule has 0 saturated heterocycles. The van der Waals surface area contributed by atoms with Gasteiger partial charge in [-0.25, -0.2) is 0 Å². The van der Waals surface area contributed by atoms with Crippen LogP contribution in [0.2, 0.25) is 0 Å². The van der Waals surface area contributed by atoms with Crippen LogP contribution >= 0.6 is 13.8 Å². The van der Waals surface area contributed by atoms with Crippen LogP contribution < -0.4 is 41.3 Å². The van der Waals surface area contributed by atoms with E-state index >= 15 is 0 Å². The fraction of sp³-hybridized carbons (Fsp3) is 0.0222. The van der Waals surface area contributed by atoms with Crippen LogP contribution in [-0.2, 0) is 0 Å². The summed E-state index contributed by atoms with van der Waals surface area (Å²) in [6.07, 6.45) is 0. The van der Waals surface area contributed by atoms with Gasteiger partial charge >= 0.3 is 0 Å². The van der Waals surface area contributed by atoms with E-state index < -0.39 is 13.8 Å². The Labute approximate surface area is 289 Å². The second-order valence-electron chi connectivity index (χ2n) is 12.1. The van der Waals surface area contributed by atoms with E-state index in [1.165, 1.54) is 31.8 Å². The Kier molecular flexibility index (Phi) is 8.67. The number of hydrogen-bond acceptors (Lipinski definition) is 2. The van der Waals surface area contributed by atoms with Crippen LogP contribution in [0.15, 0.2) is 194 Å². The number of fused-ring (bicyclic) bond motifs is 1. The van der Waals surface area contributed by atoms with Gasteiger partial charge in [-0.3, -0.25) is 0 Å². The zero-order valence-corrected chi connectivity index (χ0v) is 28.8. The normalized spacial score (nSPS) is 12.3. The monoisotopic (exact) mass is 670 g/mol. The second-order valence-corrected chi connectivity index (χ2v) is 18.6. The lowest BCUT2D eigenvalue weighted by Crippen LogP contribution is -2.28. The fourth-order valence-electron chi connectivity index (χ4n) is 6.93. The summed E-state index contributed by atoms with van der Waals surface area (Å²) in [6.45, 7) is -4.46. The Balaban J connectivity index is 1.54. The average molecular weight is 671 g/mol. The Morgan fingerprint density at radius 3 is 0.776 bits per heavy atom. The highest BCUT2D eigenvalue weighted by molar-refractivity contribution is 7.95. The Hall–Kier alpha value is -5.26. The largest absolute Gasteiger partial charge is 0.454 e. The molecule has 1 aliphatic rings. The van der Waals surface area contributed by atoms with E-state index in [9.17, 15) is 0 Å². The van der Waals surface area contributed by atoms with E-state index in [2.05, 4.69) is 206 Å². The van der Waals surface area contributed by atoms with Gasteiger partial charge in [-0.15, -0.1) is 0 Å². The smallest absolute Gasteiger partial charge is 0.231 e. The Morgan fingerprint density at radius 2 is 0.551 bits per heavy atom. The summed E-state index contributed by atoms with van der Waals surface area (Å²) in [5, 5.41) is 7.78. The molecule has 0 unspecified atom stereocenters. The third-order valence-corrected chi connectivity index (χ3v) is 17.2. The van der Waals surface area contributed by atoms with E-state index in [0.717, 1.165) is 22.6 Å². The van der Waals surface area contributed by atoms with Gasteiger partial charge in [-0.1, -0.05) is 182 Å². The molecule has 2 nitrogen and oxygen atoms in total. The average Bonchev–Trinajstić information content (AvgIpc) is 3.65. The summed E-state index contributed by atoms with van der Waals surface area (Å²) in [5.74, 6) is 6.66. The molecular formula is C45H36O2P2. The molecule has 1 heterocycles. The summed E-state index contributed by atoms with van der Waals surface area (Å²) in [5.41, 5.74) is 2.25. The molecule has 0 saturated carbocycles. The van der Waals surface area contributed by atoms with Gasteiger partial charge in [0, 0.05) is 0 Å². The minimum Gasteiger partial charge on any atom is -0.454 e. The summed E-state index contributed by atoms with van der Waals surface area (Å²) in [6, 6.07) is 70.4. The van der Waals surface area contributed by atoms with Crippen molar-refractivity contribution in [3.63, 3.8) is 0 Å². The minimum atomic E-state index is -2.34. The molecule has 0 radical (unpaired) electrons. The van der Waals surface area contributed by atoms with Crippen molar-refractivity contribution in [2.45, 2.75) is 0 Å². The van der Waals surface area contributed by atoms with Gasteiger partial charge in [-0.2, -0.15) is 0 Å². The Bertz CT molecular complexity index is 1910. The van der Waals surface area contributed by atoms with E-state index in [1.807, 2.05) is 0 Å². The molecule has 8 rings (SSSR count). The molecule has 0 atom stereocenters. The van der Waals surface area contributed by atoms with Gasteiger partial charge in [0.1, 0.15) is 0 Å². The molecule has 0 N–H and O–H groups in total. The molecule has 0 amide bonds. The van der Waals surface area contributed by atoms with Crippen LogP contribution in [-0.4, -0.2) is 18.4 Å². The van der Waals surface area contributed by atoms with Crippen LogP contribution in [0.1, 0.15) is 11.1 Å². The van der Waals surface area contributed by atoms with E-state index in [-0.39, 0.29) is 6.79 Å². The highest BCUT2D eigenvalue weighted by atomic mass is 31.2. The summed E-state index contributed by atoms with van der Waals surface area (Å²) in [4.78, 5) is 0. The third-order valence-electron chi connectivity index (χ3n) is 9.22. The summed E-state index contributed by atoms with van der Waals surface area (Å²) >= 11 is 0. The molecule has 0 fully saturated rings.